The topological polar surface area (TPSA) is 93.4 Å². The fourth-order valence-electron chi connectivity index (χ4n) is 1.85. The molecule has 1 aromatic rings. The van der Waals surface area contributed by atoms with Crippen molar-refractivity contribution in [3.05, 3.63) is 23.8 Å². The molecule has 1 fully saturated rings. The van der Waals surface area contributed by atoms with Crippen LogP contribution in [0.5, 0.6) is 5.75 Å². The maximum atomic E-state index is 12.0. The first-order chi connectivity index (χ1) is 8.58. The molecule has 4 N–H and O–H groups in total. The molecule has 1 aliphatic heterocycles. The molecule has 1 heterocycles. The highest BCUT2D eigenvalue weighted by Crippen LogP contribution is 2.18. The van der Waals surface area contributed by atoms with Crippen LogP contribution in [0.3, 0.4) is 0 Å². The smallest absolute Gasteiger partial charge is 0.251 e. The number of nitrogens with two attached hydrogens (primary N) is 1. The van der Waals surface area contributed by atoms with E-state index in [2.05, 4.69) is 10.6 Å². The van der Waals surface area contributed by atoms with Crippen LogP contribution in [0.25, 0.3) is 0 Å². The Kier molecular flexibility index (Phi) is 3.36. The van der Waals surface area contributed by atoms with Crippen LogP contribution < -0.4 is 21.1 Å². The SMILES string of the molecule is COc1cc(N)cc(C(=O)NC2CNC(=O)C2)c1. The van der Waals surface area contributed by atoms with Crippen LogP contribution in [0, 0.1) is 0 Å². The van der Waals surface area contributed by atoms with E-state index in [1.54, 1.807) is 18.2 Å². The molecule has 1 aromatic carbocycles. The number of carbonyl (C=O) groups is 2. The van der Waals surface area contributed by atoms with Crippen LogP contribution >= 0.6 is 0 Å². The summed E-state index contributed by atoms with van der Waals surface area (Å²) >= 11 is 0. The molecular weight excluding hydrogens is 234 g/mol. The van der Waals surface area contributed by atoms with Gasteiger partial charge in [-0.15, -0.1) is 0 Å². The zero-order chi connectivity index (χ0) is 13.1. The molecule has 6 nitrogen and oxygen atoms in total. The molecular formula is C12H15N3O3. The van der Waals surface area contributed by atoms with Gasteiger partial charge in [-0.2, -0.15) is 0 Å². The van der Waals surface area contributed by atoms with Crippen molar-refractivity contribution >= 4 is 17.5 Å². The van der Waals surface area contributed by atoms with Crippen molar-refractivity contribution in [2.75, 3.05) is 19.4 Å². The lowest BCUT2D eigenvalue weighted by Crippen LogP contribution is -2.36. The molecule has 0 bridgehead atoms. The Hall–Kier alpha value is -2.24. The fraction of sp³-hybridized carbons (Fsp3) is 0.333. The average Bonchev–Trinajstić information content (AvgIpc) is 2.73. The molecule has 0 aliphatic carbocycles. The molecule has 0 spiro atoms. The maximum Gasteiger partial charge on any atom is 0.251 e. The van der Waals surface area contributed by atoms with Crippen LogP contribution in [-0.4, -0.2) is 31.5 Å². The van der Waals surface area contributed by atoms with Crippen LogP contribution in [0.4, 0.5) is 5.69 Å². The van der Waals surface area contributed by atoms with Crippen LogP contribution in [0.1, 0.15) is 16.8 Å². The van der Waals surface area contributed by atoms with Crippen LogP contribution in [0.2, 0.25) is 0 Å². The Balaban J connectivity index is 2.08. The highest BCUT2D eigenvalue weighted by molar-refractivity contribution is 5.96. The number of ether oxygens (including phenoxy) is 1. The predicted molar refractivity (Wildman–Crippen MR) is 66.3 cm³/mol. The summed E-state index contributed by atoms with van der Waals surface area (Å²) in [4.78, 5) is 23.0. The maximum absolute atomic E-state index is 12.0. The van der Waals surface area contributed by atoms with Crippen molar-refractivity contribution in [1.82, 2.24) is 10.6 Å². The summed E-state index contributed by atoms with van der Waals surface area (Å²) < 4.78 is 5.05. The third-order valence-electron chi connectivity index (χ3n) is 2.74. The number of carbonyl (C=O) groups excluding carboxylic acids is 2. The van der Waals surface area contributed by atoms with Gasteiger partial charge in [-0.25, -0.2) is 0 Å². The van der Waals surface area contributed by atoms with E-state index < -0.39 is 0 Å². The highest BCUT2D eigenvalue weighted by Gasteiger charge is 2.23. The van der Waals surface area contributed by atoms with Gasteiger partial charge in [0.05, 0.1) is 13.2 Å². The quantitative estimate of drug-likeness (QED) is 0.652. The molecule has 1 atom stereocenters. The standard InChI is InChI=1S/C12H15N3O3/c1-18-10-3-7(2-8(13)4-10)12(17)15-9-5-11(16)14-6-9/h2-4,9H,5-6,13H2,1H3,(H,14,16)(H,15,17). The second kappa shape index (κ2) is 4.95. The summed E-state index contributed by atoms with van der Waals surface area (Å²) in [6.45, 7) is 0.462. The molecule has 6 heteroatoms. The summed E-state index contributed by atoms with van der Waals surface area (Å²) in [6, 6.07) is 4.65. The number of nitrogen functional groups attached to an aromatic ring is 1. The van der Waals surface area contributed by atoms with E-state index in [4.69, 9.17) is 10.5 Å². The van der Waals surface area contributed by atoms with Gasteiger partial charge in [0.2, 0.25) is 5.91 Å². The van der Waals surface area contributed by atoms with E-state index in [0.29, 0.717) is 30.0 Å². The Morgan fingerprint density at radius 3 is 2.89 bits per heavy atom. The first-order valence-electron chi connectivity index (χ1n) is 5.60. The second-order valence-corrected chi connectivity index (χ2v) is 4.17. The number of hydrogen-bond acceptors (Lipinski definition) is 4. The van der Waals surface area contributed by atoms with Crippen molar-refractivity contribution in [3.8, 4) is 5.75 Å². The number of hydrogen-bond donors (Lipinski definition) is 3. The zero-order valence-electron chi connectivity index (χ0n) is 10.0. The summed E-state index contributed by atoms with van der Waals surface area (Å²) in [5.41, 5.74) is 6.56. The fourth-order valence-corrected chi connectivity index (χ4v) is 1.85. The lowest BCUT2D eigenvalue weighted by atomic mass is 10.1. The molecule has 2 rings (SSSR count). The highest BCUT2D eigenvalue weighted by atomic mass is 16.5. The van der Waals surface area contributed by atoms with Crippen LogP contribution in [0.15, 0.2) is 18.2 Å². The summed E-state index contributed by atoms with van der Waals surface area (Å²) in [5.74, 6) is 0.216. The van der Waals surface area contributed by atoms with Gasteiger partial charge in [0.1, 0.15) is 5.75 Å². The van der Waals surface area contributed by atoms with Crippen molar-refractivity contribution in [2.24, 2.45) is 0 Å². The second-order valence-electron chi connectivity index (χ2n) is 4.17. The normalized spacial score (nSPS) is 18.3. The molecule has 2 amide bonds. The largest absolute Gasteiger partial charge is 0.497 e. The minimum Gasteiger partial charge on any atom is -0.497 e. The Labute approximate surface area is 104 Å². The third-order valence-corrected chi connectivity index (χ3v) is 2.74. The molecule has 0 radical (unpaired) electrons. The van der Waals surface area contributed by atoms with Gasteiger partial charge in [0.25, 0.3) is 5.91 Å². The zero-order valence-corrected chi connectivity index (χ0v) is 10.0. The van der Waals surface area contributed by atoms with Crippen molar-refractivity contribution in [1.29, 1.82) is 0 Å². The van der Waals surface area contributed by atoms with Gasteiger partial charge < -0.3 is 21.1 Å². The number of nitrogens with one attached hydrogen (secondary N) is 2. The van der Waals surface area contributed by atoms with E-state index in [9.17, 15) is 9.59 Å². The number of methoxy groups -OCH3 is 1. The van der Waals surface area contributed by atoms with Crippen LogP contribution in [-0.2, 0) is 4.79 Å². The van der Waals surface area contributed by atoms with E-state index in [1.165, 1.54) is 7.11 Å². The van der Waals surface area contributed by atoms with Gasteiger partial charge >= 0.3 is 0 Å². The number of benzene rings is 1. The molecule has 96 valence electrons. The van der Waals surface area contributed by atoms with E-state index >= 15 is 0 Å². The van der Waals surface area contributed by atoms with Crippen molar-refractivity contribution in [2.45, 2.75) is 12.5 Å². The van der Waals surface area contributed by atoms with Gasteiger partial charge in [0, 0.05) is 30.3 Å². The summed E-state index contributed by atoms with van der Waals surface area (Å²) in [7, 11) is 1.51. The number of amides is 2. The first-order valence-corrected chi connectivity index (χ1v) is 5.60. The van der Waals surface area contributed by atoms with Gasteiger partial charge in [-0.3, -0.25) is 9.59 Å². The monoisotopic (exact) mass is 249 g/mol. The summed E-state index contributed by atoms with van der Waals surface area (Å²) in [6.07, 6.45) is 0.311. The van der Waals surface area contributed by atoms with Gasteiger partial charge in [0.15, 0.2) is 0 Å². The minimum absolute atomic E-state index is 0.0505. The minimum atomic E-state index is -0.262. The summed E-state index contributed by atoms with van der Waals surface area (Å²) in [5, 5.41) is 5.43. The number of rotatable bonds is 3. The molecule has 1 unspecified atom stereocenters. The lowest BCUT2D eigenvalue weighted by Gasteiger charge is -2.11. The van der Waals surface area contributed by atoms with Gasteiger partial charge in [-0.05, 0) is 12.1 Å². The van der Waals surface area contributed by atoms with E-state index in [1.807, 2.05) is 0 Å². The van der Waals surface area contributed by atoms with Crippen molar-refractivity contribution < 1.29 is 14.3 Å². The average molecular weight is 249 g/mol. The predicted octanol–water partition coefficient (Wildman–Crippen LogP) is -0.104. The molecule has 1 aliphatic rings. The Bertz CT molecular complexity index is 487. The van der Waals surface area contributed by atoms with Crippen molar-refractivity contribution in [3.63, 3.8) is 0 Å². The first kappa shape index (κ1) is 12.2. The van der Waals surface area contributed by atoms with E-state index in [-0.39, 0.29) is 17.9 Å². The molecule has 0 aromatic heterocycles. The van der Waals surface area contributed by atoms with E-state index in [0.717, 1.165) is 0 Å². The molecule has 1 saturated heterocycles. The number of anilines is 1. The molecule has 18 heavy (non-hydrogen) atoms. The third kappa shape index (κ3) is 2.71. The van der Waals surface area contributed by atoms with Gasteiger partial charge in [-0.1, -0.05) is 0 Å². The Morgan fingerprint density at radius 1 is 1.50 bits per heavy atom. The molecule has 0 saturated carbocycles. The Morgan fingerprint density at radius 2 is 2.28 bits per heavy atom. The lowest BCUT2D eigenvalue weighted by molar-refractivity contribution is -0.119.